The second kappa shape index (κ2) is 7.49. The Balaban J connectivity index is 2.40. The minimum absolute atomic E-state index is 0.392. The third-order valence-corrected chi connectivity index (χ3v) is 5.31. The van der Waals surface area contributed by atoms with E-state index < -0.39 is 5.41 Å². The van der Waals surface area contributed by atoms with E-state index in [-0.39, 0.29) is 0 Å². The molecule has 2 nitrogen and oxygen atoms in total. The van der Waals surface area contributed by atoms with Gasteiger partial charge in [-0.1, -0.05) is 44.6 Å². The lowest BCUT2D eigenvalue weighted by Gasteiger charge is -2.40. The standard InChI is InChI=1S/C20H27NO/c1-4-19(16-9-7-6-8-10-16)20(5-2,15-21)17-11-13-18(22-3)14-12-17/h6-7,11-14,16,19H,4-5,8-10H2,1-3H3/t16-,19-,20+/m1/s1. The molecule has 0 saturated carbocycles. The fourth-order valence-corrected chi connectivity index (χ4v) is 4.06. The number of nitriles is 1. The predicted octanol–water partition coefficient (Wildman–Crippen LogP) is 5.25. The molecule has 118 valence electrons. The predicted molar refractivity (Wildman–Crippen MR) is 90.8 cm³/mol. The van der Waals surface area contributed by atoms with E-state index in [1.807, 2.05) is 12.1 Å². The van der Waals surface area contributed by atoms with E-state index >= 15 is 0 Å². The number of benzene rings is 1. The fourth-order valence-electron chi connectivity index (χ4n) is 4.06. The maximum atomic E-state index is 10.1. The first kappa shape index (κ1) is 16.6. The van der Waals surface area contributed by atoms with Gasteiger partial charge in [-0.2, -0.15) is 5.26 Å². The van der Waals surface area contributed by atoms with Crippen molar-refractivity contribution in [3.8, 4) is 11.8 Å². The molecular formula is C20H27NO. The third kappa shape index (κ3) is 3.04. The van der Waals surface area contributed by atoms with Gasteiger partial charge < -0.3 is 4.74 Å². The fraction of sp³-hybridized carbons (Fsp3) is 0.550. The maximum Gasteiger partial charge on any atom is 0.118 e. The van der Waals surface area contributed by atoms with Crippen molar-refractivity contribution in [1.82, 2.24) is 0 Å². The van der Waals surface area contributed by atoms with E-state index in [1.165, 1.54) is 6.42 Å². The number of methoxy groups -OCH3 is 1. The molecule has 2 heteroatoms. The lowest BCUT2D eigenvalue weighted by atomic mass is 9.62. The third-order valence-electron chi connectivity index (χ3n) is 5.31. The van der Waals surface area contributed by atoms with Gasteiger partial charge in [-0.15, -0.1) is 0 Å². The molecule has 0 spiro atoms. The summed E-state index contributed by atoms with van der Waals surface area (Å²) in [7, 11) is 1.68. The number of rotatable bonds is 6. The Labute approximate surface area is 134 Å². The SMILES string of the molecule is CC[C@H]([C@@H]1CC=CCC1)[C@](C#N)(CC)c1ccc(OC)cc1. The topological polar surface area (TPSA) is 33.0 Å². The van der Waals surface area contributed by atoms with Crippen LogP contribution in [0, 0.1) is 23.2 Å². The van der Waals surface area contributed by atoms with Crippen molar-refractivity contribution in [1.29, 1.82) is 5.26 Å². The van der Waals surface area contributed by atoms with Gasteiger partial charge in [0.1, 0.15) is 5.75 Å². The molecule has 0 radical (unpaired) electrons. The molecule has 0 amide bonds. The van der Waals surface area contributed by atoms with Gasteiger partial charge in [-0.05, 0) is 55.2 Å². The zero-order chi connectivity index (χ0) is 16.0. The molecule has 1 aromatic carbocycles. The van der Waals surface area contributed by atoms with E-state index in [0.717, 1.165) is 37.0 Å². The van der Waals surface area contributed by atoms with Crippen molar-refractivity contribution in [2.75, 3.05) is 7.11 Å². The highest BCUT2D eigenvalue weighted by atomic mass is 16.5. The molecule has 0 N–H and O–H groups in total. The molecule has 0 heterocycles. The Hall–Kier alpha value is -1.75. The number of allylic oxidation sites excluding steroid dienone is 2. The summed E-state index contributed by atoms with van der Waals surface area (Å²) < 4.78 is 5.26. The lowest BCUT2D eigenvalue weighted by Crippen LogP contribution is -2.38. The van der Waals surface area contributed by atoms with Gasteiger partial charge in [0.2, 0.25) is 0 Å². The normalized spacial score (nSPS) is 21.6. The molecule has 2 rings (SSSR count). The molecule has 0 bridgehead atoms. The van der Waals surface area contributed by atoms with Crippen LogP contribution in [-0.4, -0.2) is 7.11 Å². The average molecular weight is 297 g/mol. The summed E-state index contributed by atoms with van der Waals surface area (Å²) in [6.45, 7) is 4.38. The number of hydrogen-bond acceptors (Lipinski definition) is 2. The summed E-state index contributed by atoms with van der Waals surface area (Å²) in [6.07, 6.45) is 9.93. The zero-order valence-electron chi connectivity index (χ0n) is 14.0. The van der Waals surface area contributed by atoms with E-state index in [4.69, 9.17) is 4.74 Å². The van der Waals surface area contributed by atoms with Crippen molar-refractivity contribution in [3.63, 3.8) is 0 Å². The first-order valence-corrected chi connectivity index (χ1v) is 8.42. The smallest absolute Gasteiger partial charge is 0.118 e. The lowest BCUT2D eigenvalue weighted by molar-refractivity contribution is 0.201. The van der Waals surface area contributed by atoms with Crippen molar-refractivity contribution in [2.24, 2.45) is 11.8 Å². The van der Waals surface area contributed by atoms with Crippen LogP contribution in [0.5, 0.6) is 5.75 Å². The first-order chi connectivity index (χ1) is 10.7. The van der Waals surface area contributed by atoms with Gasteiger partial charge in [0.15, 0.2) is 0 Å². The molecule has 1 aliphatic carbocycles. The molecule has 0 aliphatic heterocycles. The van der Waals surface area contributed by atoms with Crippen LogP contribution >= 0.6 is 0 Å². The van der Waals surface area contributed by atoms with Gasteiger partial charge >= 0.3 is 0 Å². The van der Waals surface area contributed by atoms with Gasteiger partial charge in [-0.25, -0.2) is 0 Å². The van der Waals surface area contributed by atoms with Gasteiger partial charge in [0, 0.05) is 0 Å². The Bertz CT molecular complexity index is 540. The summed E-state index contributed by atoms with van der Waals surface area (Å²) >= 11 is 0. The van der Waals surface area contributed by atoms with Crippen molar-refractivity contribution in [3.05, 3.63) is 42.0 Å². The molecular weight excluding hydrogens is 270 g/mol. The molecule has 0 saturated heterocycles. The van der Waals surface area contributed by atoms with Crippen LogP contribution in [0.3, 0.4) is 0 Å². The average Bonchev–Trinajstić information content (AvgIpc) is 2.60. The molecule has 0 aromatic heterocycles. The minimum atomic E-state index is -0.392. The summed E-state index contributed by atoms with van der Waals surface area (Å²) in [4.78, 5) is 0. The van der Waals surface area contributed by atoms with Crippen LogP contribution in [0.4, 0.5) is 0 Å². The molecule has 3 atom stereocenters. The summed E-state index contributed by atoms with van der Waals surface area (Å²) in [5, 5.41) is 10.1. The molecule has 0 unspecified atom stereocenters. The highest BCUT2D eigenvalue weighted by Gasteiger charge is 2.42. The highest BCUT2D eigenvalue weighted by Crippen LogP contribution is 2.45. The number of ether oxygens (including phenoxy) is 1. The van der Waals surface area contributed by atoms with E-state index in [0.29, 0.717) is 11.8 Å². The van der Waals surface area contributed by atoms with Crippen LogP contribution in [0.25, 0.3) is 0 Å². The van der Waals surface area contributed by atoms with Crippen molar-refractivity contribution < 1.29 is 4.74 Å². The van der Waals surface area contributed by atoms with E-state index in [9.17, 15) is 5.26 Å². The monoisotopic (exact) mass is 297 g/mol. The Morgan fingerprint density at radius 1 is 1.27 bits per heavy atom. The maximum absolute atomic E-state index is 10.1. The molecule has 0 fully saturated rings. The molecule has 1 aromatic rings. The minimum Gasteiger partial charge on any atom is -0.497 e. The van der Waals surface area contributed by atoms with E-state index in [1.54, 1.807) is 7.11 Å². The molecule has 1 aliphatic rings. The largest absolute Gasteiger partial charge is 0.497 e. The second-order valence-corrected chi connectivity index (χ2v) is 6.22. The van der Waals surface area contributed by atoms with Crippen LogP contribution in [0.1, 0.15) is 51.5 Å². The quantitative estimate of drug-likeness (QED) is 0.672. The Morgan fingerprint density at radius 3 is 2.45 bits per heavy atom. The number of hydrogen-bond donors (Lipinski definition) is 0. The summed E-state index contributed by atoms with van der Waals surface area (Å²) in [6, 6.07) is 10.8. The van der Waals surface area contributed by atoms with Crippen LogP contribution in [-0.2, 0) is 5.41 Å². The van der Waals surface area contributed by atoms with Crippen molar-refractivity contribution in [2.45, 2.75) is 51.4 Å². The first-order valence-electron chi connectivity index (χ1n) is 8.42. The second-order valence-electron chi connectivity index (χ2n) is 6.22. The number of nitrogens with zero attached hydrogens (tertiary/aromatic N) is 1. The van der Waals surface area contributed by atoms with Gasteiger partial charge in [0.05, 0.1) is 18.6 Å². The van der Waals surface area contributed by atoms with Crippen LogP contribution < -0.4 is 4.74 Å². The zero-order valence-corrected chi connectivity index (χ0v) is 14.0. The van der Waals surface area contributed by atoms with Crippen molar-refractivity contribution >= 4 is 0 Å². The van der Waals surface area contributed by atoms with Gasteiger partial charge in [0.25, 0.3) is 0 Å². The Morgan fingerprint density at radius 2 is 2.00 bits per heavy atom. The molecule has 22 heavy (non-hydrogen) atoms. The highest BCUT2D eigenvalue weighted by molar-refractivity contribution is 5.38. The summed E-state index contributed by atoms with van der Waals surface area (Å²) in [5.74, 6) is 1.86. The van der Waals surface area contributed by atoms with Crippen LogP contribution in [0.2, 0.25) is 0 Å². The van der Waals surface area contributed by atoms with Crippen LogP contribution in [0.15, 0.2) is 36.4 Å². The van der Waals surface area contributed by atoms with E-state index in [2.05, 4.69) is 44.2 Å². The summed E-state index contributed by atoms with van der Waals surface area (Å²) in [5.41, 5.74) is 0.747. The van der Waals surface area contributed by atoms with Gasteiger partial charge in [-0.3, -0.25) is 0 Å². The Kier molecular flexibility index (Phi) is 5.66.